The third-order valence-electron chi connectivity index (χ3n) is 5.42. The largest absolute Gasteiger partial charge is 0.309 e. The SMILES string of the molecule is Cc1ccc2c(c1)C(NCC1(C3CC3)CC1)CC2. The number of nitrogens with one attached hydrogen (secondary N) is 1. The van der Waals surface area contributed by atoms with Gasteiger partial charge in [0, 0.05) is 12.6 Å². The molecule has 1 aromatic carbocycles. The Labute approximate surface area is 110 Å². The molecular formula is C17H23N. The van der Waals surface area contributed by atoms with Crippen LogP contribution >= 0.6 is 0 Å². The molecule has 1 atom stereocenters. The molecule has 0 radical (unpaired) electrons. The van der Waals surface area contributed by atoms with Gasteiger partial charge in [-0.3, -0.25) is 0 Å². The summed E-state index contributed by atoms with van der Waals surface area (Å²) in [5.74, 6) is 1.07. The molecule has 2 saturated carbocycles. The van der Waals surface area contributed by atoms with Crippen molar-refractivity contribution < 1.29 is 0 Å². The summed E-state index contributed by atoms with van der Waals surface area (Å²) in [6.45, 7) is 3.48. The lowest BCUT2D eigenvalue weighted by Crippen LogP contribution is -2.28. The molecule has 1 aromatic rings. The highest BCUT2D eigenvalue weighted by molar-refractivity contribution is 5.37. The van der Waals surface area contributed by atoms with Gasteiger partial charge in [0.1, 0.15) is 0 Å². The Morgan fingerprint density at radius 2 is 2.06 bits per heavy atom. The molecule has 0 spiro atoms. The van der Waals surface area contributed by atoms with Gasteiger partial charge < -0.3 is 5.32 Å². The summed E-state index contributed by atoms with van der Waals surface area (Å²) in [5, 5.41) is 3.89. The molecule has 0 saturated heterocycles. The summed E-state index contributed by atoms with van der Waals surface area (Å²) in [4.78, 5) is 0. The molecule has 1 unspecified atom stereocenters. The summed E-state index contributed by atoms with van der Waals surface area (Å²) in [7, 11) is 0. The lowest BCUT2D eigenvalue weighted by molar-refractivity contribution is 0.373. The van der Waals surface area contributed by atoms with Crippen LogP contribution in [0.5, 0.6) is 0 Å². The maximum Gasteiger partial charge on any atom is 0.0326 e. The van der Waals surface area contributed by atoms with Gasteiger partial charge in [0.05, 0.1) is 0 Å². The van der Waals surface area contributed by atoms with Crippen LogP contribution in [0.3, 0.4) is 0 Å². The second kappa shape index (κ2) is 3.84. The van der Waals surface area contributed by atoms with E-state index in [1.807, 2.05) is 0 Å². The molecule has 0 heterocycles. The summed E-state index contributed by atoms with van der Waals surface area (Å²) in [5.41, 5.74) is 5.30. The van der Waals surface area contributed by atoms with E-state index in [1.54, 1.807) is 11.1 Å². The van der Waals surface area contributed by atoms with Crippen molar-refractivity contribution in [1.82, 2.24) is 5.32 Å². The van der Waals surface area contributed by atoms with E-state index in [0.29, 0.717) is 6.04 Å². The molecule has 0 amide bonds. The van der Waals surface area contributed by atoms with Crippen LogP contribution in [0.4, 0.5) is 0 Å². The lowest BCUT2D eigenvalue weighted by Gasteiger charge is -2.20. The van der Waals surface area contributed by atoms with Crippen LogP contribution in [0.2, 0.25) is 0 Å². The Morgan fingerprint density at radius 3 is 2.78 bits per heavy atom. The van der Waals surface area contributed by atoms with Gasteiger partial charge in [-0.2, -0.15) is 0 Å². The van der Waals surface area contributed by atoms with Crippen LogP contribution in [-0.4, -0.2) is 6.54 Å². The number of fused-ring (bicyclic) bond motifs is 1. The van der Waals surface area contributed by atoms with Crippen molar-refractivity contribution in [3.05, 3.63) is 34.9 Å². The van der Waals surface area contributed by atoms with Crippen molar-refractivity contribution in [3.63, 3.8) is 0 Å². The summed E-state index contributed by atoms with van der Waals surface area (Å²) >= 11 is 0. The average molecular weight is 241 g/mol. The fraction of sp³-hybridized carbons (Fsp3) is 0.647. The maximum atomic E-state index is 3.89. The summed E-state index contributed by atoms with van der Waals surface area (Å²) in [6.07, 6.45) is 8.55. The molecule has 2 fully saturated rings. The molecule has 0 bridgehead atoms. The number of hydrogen-bond acceptors (Lipinski definition) is 1. The average Bonchev–Trinajstić information content (AvgIpc) is 3.24. The molecule has 1 heteroatoms. The predicted molar refractivity (Wildman–Crippen MR) is 74.6 cm³/mol. The maximum absolute atomic E-state index is 3.89. The smallest absolute Gasteiger partial charge is 0.0326 e. The first kappa shape index (κ1) is 11.0. The number of rotatable bonds is 4. The number of aryl methyl sites for hydroxylation is 2. The van der Waals surface area contributed by atoms with E-state index < -0.39 is 0 Å². The minimum absolute atomic E-state index is 0.635. The zero-order valence-corrected chi connectivity index (χ0v) is 11.3. The first-order valence-corrected chi connectivity index (χ1v) is 7.60. The van der Waals surface area contributed by atoms with Crippen molar-refractivity contribution in [2.45, 2.75) is 51.5 Å². The van der Waals surface area contributed by atoms with Gasteiger partial charge >= 0.3 is 0 Å². The Morgan fingerprint density at radius 1 is 1.22 bits per heavy atom. The fourth-order valence-electron chi connectivity index (χ4n) is 3.85. The van der Waals surface area contributed by atoms with Crippen LogP contribution in [0, 0.1) is 18.3 Å². The van der Waals surface area contributed by atoms with Crippen molar-refractivity contribution in [2.24, 2.45) is 11.3 Å². The third-order valence-corrected chi connectivity index (χ3v) is 5.42. The molecule has 3 aliphatic rings. The Hall–Kier alpha value is -0.820. The van der Waals surface area contributed by atoms with Crippen LogP contribution in [-0.2, 0) is 6.42 Å². The Kier molecular flexibility index (Phi) is 2.35. The summed E-state index contributed by atoms with van der Waals surface area (Å²) in [6, 6.07) is 7.63. The minimum atomic E-state index is 0.635. The zero-order chi connectivity index (χ0) is 12.2. The Bertz CT molecular complexity index is 468. The molecular weight excluding hydrogens is 218 g/mol. The molecule has 0 aromatic heterocycles. The highest BCUT2D eigenvalue weighted by Gasteiger charge is 2.53. The van der Waals surface area contributed by atoms with Gasteiger partial charge in [0.2, 0.25) is 0 Å². The molecule has 96 valence electrons. The molecule has 1 N–H and O–H groups in total. The van der Waals surface area contributed by atoms with E-state index in [-0.39, 0.29) is 0 Å². The first-order valence-electron chi connectivity index (χ1n) is 7.60. The third kappa shape index (κ3) is 1.80. The standard InChI is InChI=1S/C17H23N/c1-12-2-3-13-4-7-16(15(13)10-12)18-11-17(8-9-17)14-5-6-14/h2-3,10,14,16,18H,4-9,11H2,1H3. The van der Waals surface area contributed by atoms with E-state index in [9.17, 15) is 0 Å². The lowest BCUT2D eigenvalue weighted by atomic mass is 9.99. The van der Waals surface area contributed by atoms with Crippen molar-refractivity contribution in [1.29, 1.82) is 0 Å². The first-order chi connectivity index (χ1) is 8.77. The van der Waals surface area contributed by atoms with Crippen molar-refractivity contribution >= 4 is 0 Å². The topological polar surface area (TPSA) is 12.0 Å². The van der Waals surface area contributed by atoms with Gasteiger partial charge in [-0.15, -0.1) is 0 Å². The second-order valence-corrected chi connectivity index (χ2v) is 6.81. The van der Waals surface area contributed by atoms with Crippen molar-refractivity contribution in [2.75, 3.05) is 6.54 Å². The predicted octanol–water partition coefficient (Wildman–Crippen LogP) is 3.76. The van der Waals surface area contributed by atoms with Crippen LogP contribution in [0.1, 0.15) is 54.8 Å². The van der Waals surface area contributed by atoms with Gasteiger partial charge in [-0.1, -0.05) is 23.8 Å². The van der Waals surface area contributed by atoms with Gasteiger partial charge in [0.15, 0.2) is 0 Å². The van der Waals surface area contributed by atoms with Gasteiger partial charge in [0.25, 0.3) is 0 Å². The van der Waals surface area contributed by atoms with Crippen LogP contribution in [0.15, 0.2) is 18.2 Å². The monoisotopic (exact) mass is 241 g/mol. The fourth-order valence-corrected chi connectivity index (χ4v) is 3.85. The van der Waals surface area contributed by atoms with Crippen LogP contribution < -0.4 is 5.32 Å². The van der Waals surface area contributed by atoms with Crippen LogP contribution in [0.25, 0.3) is 0 Å². The molecule has 4 rings (SSSR count). The van der Waals surface area contributed by atoms with Gasteiger partial charge in [-0.05, 0) is 67.9 Å². The Balaban J connectivity index is 1.46. The van der Waals surface area contributed by atoms with E-state index in [2.05, 4.69) is 30.4 Å². The number of hydrogen-bond donors (Lipinski definition) is 1. The normalized spacial score (nSPS) is 28.2. The van der Waals surface area contributed by atoms with E-state index in [1.165, 1.54) is 50.6 Å². The highest BCUT2D eigenvalue weighted by atomic mass is 14.9. The van der Waals surface area contributed by atoms with E-state index in [4.69, 9.17) is 0 Å². The molecule has 1 nitrogen and oxygen atoms in total. The molecule has 0 aliphatic heterocycles. The minimum Gasteiger partial charge on any atom is -0.309 e. The highest BCUT2D eigenvalue weighted by Crippen LogP contribution is 2.61. The quantitative estimate of drug-likeness (QED) is 0.846. The second-order valence-electron chi connectivity index (χ2n) is 6.81. The van der Waals surface area contributed by atoms with E-state index in [0.717, 1.165) is 11.3 Å². The summed E-state index contributed by atoms with van der Waals surface area (Å²) < 4.78 is 0. The number of benzene rings is 1. The molecule has 18 heavy (non-hydrogen) atoms. The van der Waals surface area contributed by atoms with Gasteiger partial charge in [-0.25, -0.2) is 0 Å². The zero-order valence-electron chi connectivity index (χ0n) is 11.3. The molecule has 3 aliphatic carbocycles. The van der Waals surface area contributed by atoms with E-state index >= 15 is 0 Å². The van der Waals surface area contributed by atoms with Crippen molar-refractivity contribution in [3.8, 4) is 0 Å².